The van der Waals surface area contributed by atoms with E-state index >= 15 is 0 Å². The van der Waals surface area contributed by atoms with Crippen LogP contribution in [0.15, 0.2) is 0 Å². The highest BCUT2D eigenvalue weighted by Gasteiger charge is 2.45. The quantitative estimate of drug-likeness (QED) is 0.711. The van der Waals surface area contributed by atoms with Gasteiger partial charge in [-0.3, -0.25) is 4.79 Å². The van der Waals surface area contributed by atoms with Crippen molar-refractivity contribution in [2.45, 2.75) is 64.5 Å². The Hall–Kier alpha value is -0.610. The Morgan fingerprint density at radius 1 is 1.53 bits per heavy atom. The lowest BCUT2D eigenvalue weighted by atomic mass is 9.97. The molecule has 4 heteroatoms. The van der Waals surface area contributed by atoms with Crippen molar-refractivity contribution in [3.05, 3.63) is 0 Å². The maximum atomic E-state index is 11.6. The number of hydrogen-bond acceptors (Lipinski definition) is 3. The van der Waals surface area contributed by atoms with Crippen LogP contribution in [0.4, 0.5) is 0 Å². The molecule has 2 unspecified atom stereocenters. The van der Waals surface area contributed by atoms with Gasteiger partial charge in [0.25, 0.3) is 0 Å². The summed E-state index contributed by atoms with van der Waals surface area (Å²) in [4.78, 5) is 13.9. The second-order valence-corrected chi connectivity index (χ2v) is 6.37. The smallest absolute Gasteiger partial charge is 0.323 e. The third-order valence-corrected chi connectivity index (χ3v) is 4.29. The van der Waals surface area contributed by atoms with Crippen molar-refractivity contribution in [3.8, 4) is 0 Å². The predicted octanol–water partition coefficient (Wildman–Crippen LogP) is 2.34. The summed E-state index contributed by atoms with van der Waals surface area (Å²) in [5.74, 6) is 0.0204. The van der Waals surface area contributed by atoms with Crippen molar-refractivity contribution < 1.29 is 9.90 Å². The number of hydrogen-bond donors (Lipinski definition) is 2. The first-order valence-electron chi connectivity index (χ1n) is 7.60. The summed E-state index contributed by atoms with van der Waals surface area (Å²) >= 11 is 0. The molecule has 1 saturated carbocycles. The van der Waals surface area contributed by atoms with Gasteiger partial charge in [-0.15, -0.1) is 0 Å². The van der Waals surface area contributed by atoms with Crippen LogP contribution in [-0.4, -0.2) is 47.7 Å². The van der Waals surface area contributed by atoms with Gasteiger partial charge < -0.3 is 15.3 Å². The molecule has 0 aromatic heterocycles. The van der Waals surface area contributed by atoms with Crippen molar-refractivity contribution in [2.75, 3.05) is 20.1 Å². The van der Waals surface area contributed by atoms with Crippen LogP contribution in [-0.2, 0) is 4.79 Å². The summed E-state index contributed by atoms with van der Waals surface area (Å²) in [6.45, 7) is 8.38. The van der Waals surface area contributed by atoms with Crippen molar-refractivity contribution in [3.63, 3.8) is 0 Å². The molecule has 112 valence electrons. The summed E-state index contributed by atoms with van der Waals surface area (Å²) in [5.41, 5.74) is -0.688. The van der Waals surface area contributed by atoms with Gasteiger partial charge in [-0.2, -0.15) is 0 Å². The molecule has 0 amide bonds. The molecule has 0 bridgehead atoms. The van der Waals surface area contributed by atoms with E-state index < -0.39 is 11.5 Å². The van der Waals surface area contributed by atoms with Crippen LogP contribution in [0.1, 0.15) is 52.9 Å². The lowest BCUT2D eigenvalue weighted by molar-refractivity contribution is -0.144. The van der Waals surface area contributed by atoms with Crippen LogP contribution in [0.3, 0.4) is 0 Å². The summed E-state index contributed by atoms with van der Waals surface area (Å²) in [6, 6.07) is 0.402. The number of carboxylic acid groups (broad SMARTS) is 1. The topological polar surface area (TPSA) is 52.6 Å². The lowest BCUT2D eigenvalue weighted by Gasteiger charge is -2.29. The molecule has 0 saturated heterocycles. The Balaban J connectivity index is 2.55. The van der Waals surface area contributed by atoms with Gasteiger partial charge in [-0.05, 0) is 58.2 Å². The van der Waals surface area contributed by atoms with Gasteiger partial charge in [0.1, 0.15) is 5.54 Å². The van der Waals surface area contributed by atoms with Gasteiger partial charge in [0, 0.05) is 6.04 Å². The molecule has 0 aliphatic heterocycles. The van der Waals surface area contributed by atoms with E-state index in [1.165, 1.54) is 6.42 Å². The number of nitrogens with zero attached hydrogens (tertiary/aromatic N) is 1. The molecule has 1 fully saturated rings. The summed E-state index contributed by atoms with van der Waals surface area (Å²) in [6.07, 6.45) is 4.62. The molecule has 0 radical (unpaired) electrons. The third-order valence-electron chi connectivity index (χ3n) is 4.29. The fourth-order valence-electron chi connectivity index (χ4n) is 2.83. The minimum atomic E-state index is -0.688. The fourth-order valence-corrected chi connectivity index (χ4v) is 2.83. The van der Waals surface area contributed by atoms with Gasteiger partial charge in [0.15, 0.2) is 0 Å². The molecule has 4 nitrogen and oxygen atoms in total. The molecule has 19 heavy (non-hydrogen) atoms. The Bertz CT molecular complexity index is 294. The first kappa shape index (κ1) is 16.4. The highest BCUT2D eigenvalue weighted by atomic mass is 16.4. The number of carboxylic acids is 1. The van der Waals surface area contributed by atoms with Crippen molar-refractivity contribution >= 4 is 5.97 Å². The minimum absolute atomic E-state index is 0.402. The van der Waals surface area contributed by atoms with Crippen LogP contribution in [0.25, 0.3) is 0 Å². The zero-order valence-corrected chi connectivity index (χ0v) is 12.9. The van der Waals surface area contributed by atoms with E-state index in [0.29, 0.717) is 12.0 Å². The highest BCUT2D eigenvalue weighted by Crippen LogP contribution is 2.33. The zero-order chi connectivity index (χ0) is 14.5. The Kier molecular flexibility index (Phi) is 6.27. The van der Waals surface area contributed by atoms with Crippen LogP contribution in [0.5, 0.6) is 0 Å². The fraction of sp³-hybridized carbons (Fsp3) is 0.933. The summed E-state index contributed by atoms with van der Waals surface area (Å²) < 4.78 is 0. The maximum Gasteiger partial charge on any atom is 0.323 e. The molecule has 0 spiro atoms. The van der Waals surface area contributed by atoms with Crippen LogP contribution < -0.4 is 5.32 Å². The van der Waals surface area contributed by atoms with Crippen molar-refractivity contribution in [1.29, 1.82) is 0 Å². The number of aliphatic carboxylic acids is 1. The first-order chi connectivity index (χ1) is 8.91. The highest BCUT2D eigenvalue weighted by molar-refractivity contribution is 5.79. The van der Waals surface area contributed by atoms with Gasteiger partial charge >= 0.3 is 5.97 Å². The Labute approximate surface area is 117 Å². The van der Waals surface area contributed by atoms with E-state index in [1.807, 2.05) is 0 Å². The van der Waals surface area contributed by atoms with Crippen LogP contribution >= 0.6 is 0 Å². The monoisotopic (exact) mass is 270 g/mol. The van der Waals surface area contributed by atoms with Crippen LogP contribution in [0.2, 0.25) is 0 Å². The third kappa shape index (κ3) is 4.46. The Morgan fingerprint density at radius 2 is 2.21 bits per heavy atom. The molecule has 1 rings (SSSR count). The molecule has 0 heterocycles. The standard InChI is InChI=1S/C15H30N2O2/c1-5-9-16-15(14(18)19)8-6-13(11-15)17(4)10-7-12(2)3/h12-13,16H,5-11H2,1-4H3,(H,18,19). The van der Waals surface area contributed by atoms with E-state index in [4.69, 9.17) is 0 Å². The minimum Gasteiger partial charge on any atom is -0.480 e. The van der Waals surface area contributed by atoms with Gasteiger partial charge in [0.05, 0.1) is 0 Å². The average molecular weight is 270 g/mol. The molecule has 2 atom stereocenters. The molecule has 0 aromatic rings. The van der Waals surface area contributed by atoms with E-state index in [9.17, 15) is 9.90 Å². The number of nitrogens with one attached hydrogen (secondary N) is 1. The van der Waals surface area contributed by atoms with E-state index in [0.717, 1.165) is 38.8 Å². The summed E-state index contributed by atoms with van der Waals surface area (Å²) in [5, 5.41) is 12.8. The molecule has 1 aliphatic carbocycles. The molecule has 0 aromatic carbocycles. The summed E-state index contributed by atoms with van der Waals surface area (Å²) in [7, 11) is 2.13. The van der Waals surface area contributed by atoms with E-state index in [1.54, 1.807) is 0 Å². The maximum absolute atomic E-state index is 11.6. The molecule has 2 N–H and O–H groups in total. The van der Waals surface area contributed by atoms with E-state index in [-0.39, 0.29) is 0 Å². The second kappa shape index (κ2) is 7.25. The molecule has 1 aliphatic rings. The first-order valence-corrected chi connectivity index (χ1v) is 7.60. The van der Waals surface area contributed by atoms with Gasteiger partial charge in [-0.1, -0.05) is 20.8 Å². The molecular weight excluding hydrogens is 240 g/mol. The van der Waals surface area contributed by atoms with E-state index in [2.05, 4.69) is 38.0 Å². The largest absolute Gasteiger partial charge is 0.480 e. The Morgan fingerprint density at radius 3 is 2.74 bits per heavy atom. The second-order valence-electron chi connectivity index (χ2n) is 6.37. The SMILES string of the molecule is CCCNC1(C(=O)O)CCC(N(C)CCC(C)C)C1. The lowest BCUT2D eigenvalue weighted by Crippen LogP contribution is -2.51. The van der Waals surface area contributed by atoms with Crippen LogP contribution in [0, 0.1) is 5.92 Å². The normalized spacial score (nSPS) is 27.4. The van der Waals surface area contributed by atoms with Gasteiger partial charge in [-0.25, -0.2) is 0 Å². The number of rotatable bonds is 8. The predicted molar refractivity (Wildman–Crippen MR) is 78.4 cm³/mol. The zero-order valence-electron chi connectivity index (χ0n) is 12.9. The number of carbonyl (C=O) groups is 1. The average Bonchev–Trinajstić information content (AvgIpc) is 2.79. The molecular formula is C15H30N2O2. The van der Waals surface area contributed by atoms with Crippen molar-refractivity contribution in [2.24, 2.45) is 5.92 Å². The van der Waals surface area contributed by atoms with Gasteiger partial charge in [0.2, 0.25) is 0 Å². The van der Waals surface area contributed by atoms with Crippen molar-refractivity contribution in [1.82, 2.24) is 10.2 Å².